The maximum Gasteiger partial charge on any atom is 0.361 e. The molecule has 0 bridgehead atoms. The normalized spacial score (nSPS) is 11.6. The second-order valence-corrected chi connectivity index (χ2v) is 6.24. The number of quaternary nitrogens is 1. The minimum absolute atomic E-state index is 0.100. The molecule has 0 saturated heterocycles. The van der Waals surface area contributed by atoms with Gasteiger partial charge < -0.3 is 14.3 Å². The molecule has 0 atom stereocenters. The lowest BCUT2D eigenvalue weighted by Gasteiger charge is -2.28. The van der Waals surface area contributed by atoms with Crippen LogP contribution < -0.4 is 0 Å². The van der Waals surface area contributed by atoms with E-state index >= 15 is 0 Å². The van der Waals surface area contributed by atoms with Crippen molar-refractivity contribution >= 4 is 5.97 Å². The van der Waals surface area contributed by atoms with Crippen molar-refractivity contribution in [3.8, 4) is 0 Å². The number of hydrogen-bond donors (Lipinski definition) is 1. The van der Waals surface area contributed by atoms with Crippen LogP contribution in [-0.4, -0.2) is 56.0 Å². The van der Waals surface area contributed by atoms with Crippen molar-refractivity contribution < 1.29 is 19.1 Å². The summed E-state index contributed by atoms with van der Waals surface area (Å²) in [5, 5.41) is 8.61. The number of aliphatic hydroxyl groups is 1. The Morgan fingerprint density at radius 3 is 2.10 bits per heavy atom. The highest BCUT2D eigenvalue weighted by molar-refractivity contribution is 5.70. The summed E-state index contributed by atoms with van der Waals surface area (Å²) in [4.78, 5) is 11.5. The van der Waals surface area contributed by atoms with E-state index in [1.165, 1.54) is 44.9 Å². The van der Waals surface area contributed by atoms with Crippen molar-refractivity contribution in [2.24, 2.45) is 0 Å². The van der Waals surface area contributed by atoms with Crippen LogP contribution in [-0.2, 0) is 9.53 Å². The fourth-order valence-electron chi connectivity index (χ4n) is 2.31. The molecule has 0 saturated carbocycles. The maximum atomic E-state index is 11.5. The first-order chi connectivity index (χ1) is 9.52. The summed E-state index contributed by atoms with van der Waals surface area (Å²) < 4.78 is 5.57. The Hall–Kier alpha value is -0.610. The summed E-state index contributed by atoms with van der Waals surface area (Å²) >= 11 is 0. The highest BCUT2D eigenvalue weighted by Crippen LogP contribution is 2.10. The van der Waals surface area contributed by atoms with Crippen LogP contribution in [0, 0.1) is 0 Å². The quantitative estimate of drug-likeness (QED) is 0.322. The van der Waals surface area contributed by atoms with Gasteiger partial charge in [0, 0.05) is 0 Å². The number of esters is 1. The maximum absolute atomic E-state index is 11.5. The third-order valence-corrected chi connectivity index (χ3v) is 3.53. The number of carbonyl (C=O) groups excluding carboxylic acids is 1. The molecular formula is C16H34NO3+. The summed E-state index contributed by atoms with van der Waals surface area (Å²) in [5.74, 6) is -0.219. The van der Waals surface area contributed by atoms with Crippen LogP contribution >= 0.6 is 0 Å². The number of likely N-dealkylation sites (N-methyl/N-ethyl adjacent to an activating group) is 1. The second kappa shape index (κ2) is 12.2. The van der Waals surface area contributed by atoms with Crippen LogP contribution in [0.15, 0.2) is 0 Å². The van der Waals surface area contributed by atoms with E-state index in [2.05, 4.69) is 21.0 Å². The lowest BCUT2D eigenvalue weighted by molar-refractivity contribution is -0.883. The topological polar surface area (TPSA) is 46.5 Å². The molecule has 0 rings (SSSR count). The summed E-state index contributed by atoms with van der Waals surface area (Å²) in [6.45, 7) is 3.64. The molecule has 120 valence electrons. The molecule has 0 aliphatic heterocycles. The average molecular weight is 288 g/mol. The molecule has 0 aromatic carbocycles. The van der Waals surface area contributed by atoms with Crippen LogP contribution in [0.5, 0.6) is 0 Å². The van der Waals surface area contributed by atoms with E-state index in [0.29, 0.717) is 11.0 Å². The molecule has 0 aromatic rings. The Labute approximate surface area is 124 Å². The average Bonchev–Trinajstić information content (AvgIpc) is 2.39. The molecule has 0 heterocycles. The fourth-order valence-corrected chi connectivity index (χ4v) is 2.31. The molecule has 0 spiro atoms. The van der Waals surface area contributed by atoms with Crippen LogP contribution in [0.25, 0.3) is 0 Å². The predicted octanol–water partition coefficient (Wildman–Crippen LogP) is 2.74. The van der Waals surface area contributed by atoms with E-state index in [9.17, 15) is 4.79 Å². The molecule has 0 unspecified atom stereocenters. The zero-order valence-corrected chi connectivity index (χ0v) is 13.7. The summed E-state index contributed by atoms with van der Waals surface area (Å²) in [6, 6.07) is 0. The Morgan fingerprint density at radius 2 is 1.55 bits per heavy atom. The van der Waals surface area contributed by atoms with Crippen molar-refractivity contribution in [3.05, 3.63) is 0 Å². The van der Waals surface area contributed by atoms with E-state index in [-0.39, 0.29) is 19.2 Å². The Balaban J connectivity index is 3.54. The van der Waals surface area contributed by atoms with Gasteiger partial charge in [0.1, 0.15) is 6.61 Å². The Morgan fingerprint density at radius 1 is 1.00 bits per heavy atom. The van der Waals surface area contributed by atoms with E-state index in [1.54, 1.807) is 0 Å². The van der Waals surface area contributed by atoms with Gasteiger partial charge in [-0.2, -0.15) is 0 Å². The fraction of sp³-hybridized carbons (Fsp3) is 0.938. The number of unbranched alkanes of at least 4 members (excludes halogenated alkanes) is 7. The first kappa shape index (κ1) is 19.4. The lowest BCUT2D eigenvalue weighted by Crippen LogP contribution is -2.45. The van der Waals surface area contributed by atoms with E-state index in [4.69, 9.17) is 9.84 Å². The van der Waals surface area contributed by atoms with Crippen LogP contribution in [0.4, 0.5) is 0 Å². The van der Waals surface area contributed by atoms with Gasteiger partial charge in [-0.1, -0.05) is 45.4 Å². The first-order valence-electron chi connectivity index (χ1n) is 8.10. The molecule has 4 heteroatoms. The van der Waals surface area contributed by atoms with Gasteiger partial charge in [0.15, 0.2) is 6.54 Å². The van der Waals surface area contributed by atoms with Gasteiger partial charge in [0.2, 0.25) is 0 Å². The number of rotatable bonds is 13. The van der Waals surface area contributed by atoms with Crippen molar-refractivity contribution in [1.29, 1.82) is 0 Å². The van der Waals surface area contributed by atoms with Crippen molar-refractivity contribution in [3.63, 3.8) is 0 Å². The SMILES string of the molecule is CCCCCCCCCC[N+](C)(C)CC(=O)OCCO. The minimum atomic E-state index is -0.219. The number of hydrogen-bond acceptors (Lipinski definition) is 3. The number of ether oxygens (including phenoxy) is 1. The van der Waals surface area contributed by atoms with Crippen LogP contribution in [0.3, 0.4) is 0 Å². The first-order valence-corrected chi connectivity index (χ1v) is 8.10. The molecule has 0 aliphatic rings. The van der Waals surface area contributed by atoms with Crippen molar-refractivity contribution in [1.82, 2.24) is 0 Å². The zero-order chi connectivity index (χ0) is 15.3. The third-order valence-electron chi connectivity index (χ3n) is 3.53. The molecule has 0 amide bonds. The van der Waals surface area contributed by atoms with Gasteiger partial charge in [-0.05, 0) is 12.8 Å². The van der Waals surface area contributed by atoms with Gasteiger partial charge >= 0.3 is 5.97 Å². The van der Waals surface area contributed by atoms with Crippen molar-refractivity contribution in [2.45, 2.75) is 58.3 Å². The van der Waals surface area contributed by atoms with Crippen LogP contribution in [0.1, 0.15) is 58.3 Å². The molecule has 0 radical (unpaired) electrons. The summed E-state index contributed by atoms with van der Waals surface area (Å²) in [7, 11) is 4.11. The van der Waals surface area contributed by atoms with Gasteiger partial charge in [-0.3, -0.25) is 0 Å². The summed E-state index contributed by atoms with van der Waals surface area (Å²) in [6.07, 6.45) is 10.4. The molecule has 1 N–H and O–H groups in total. The van der Waals surface area contributed by atoms with E-state index in [0.717, 1.165) is 13.0 Å². The summed E-state index contributed by atoms with van der Waals surface area (Å²) in [5.41, 5.74) is 0. The van der Waals surface area contributed by atoms with E-state index in [1.807, 2.05) is 0 Å². The molecule has 0 aromatic heterocycles. The van der Waals surface area contributed by atoms with Gasteiger partial charge in [0.05, 0.1) is 27.2 Å². The smallest absolute Gasteiger partial charge is 0.361 e. The monoisotopic (exact) mass is 288 g/mol. The van der Waals surface area contributed by atoms with Crippen molar-refractivity contribution in [2.75, 3.05) is 40.4 Å². The van der Waals surface area contributed by atoms with Crippen LogP contribution in [0.2, 0.25) is 0 Å². The lowest BCUT2D eigenvalue weighted by atomic mass is 10.1. The highest BCUT2D eigenvalue weighted by Gasteiger charge is 2.20. The molecule has 4 nitrogen and oxygen atoms in total. The Bertz CT molecular complexity index is 242. The van der Waals surface area contributed by atoms with Gasteiger partial charge in [-0.25, -0.2) is 4.79 Å². The highest BCUT2D eigenvalue weighted by atomic mass is 16.5. The second-order valence-electron chi connectivity index (χ2n) is 6.24. The van der Waals surface area contributed by atoms with Gasteiger partial charge in [-0.15, -0.1) is 0 Å². The molecule has 20 heavy (non-hydrogen) atoms. The third kappa shape index (κ3) is 12.4. The zero-order valence-electron chi connectivity index (χ0n) is 13.7. The van der Waals surface area contributed by atoms with E-state index < -0.39 is 0 Å². The predicted molar refractivity (Wildman–Crippen MR) is 82.5 cm³/mol. The number of carbonyl (C=O) groups is 1. The Kier molecular flexibility index (Phi) is 11.8. The largest absolute Gasteiger partial charge is 0.459 e. The molecular weight excluding hydrogens is 254 g/mol. The van der Waals surface area contributed by atoms with Gasteiger partial charge in [0.25, 0.3) is 0 Å². The molecule has 0 fully saturated rings. The molecule has 0 aliphatic carbocycles. The standard InChI is InChI=1S/C16H34NO3/c1-4-5-6-7-8-9-10-11-12-17(2,3)15-16(19)20-14-13-18/h18H,4-15H2,1-3H3/q+1. The minimum Gasteiger partial charge on any atom is -0.459 e. The number of nitrogens with zero attached hydrogens (tertiary/aromatic N) is 1. The number of aliphatic hydroxyl groups excluding tert-OH is 1.